The van der Waals surface area contributed by atoms with Crippen molar-refractivity contribution in [1.82, 2.24) is 0 Å². The fourth-order valence-corrected chi connectivity index (χ4v) is 2.51. The number of anilines is 1. The van der Waals surface area contributed by atoms with E-state index in [0.717, 1.165) is 0 Å². The smallest absolute Gasteiger partial charge is 0.276 e. The zero-order valence-corrected chi connectivity index (χ0v) is 15.5. The Labute approximate surface area is 157 Å². The lowest BCUT2D eigenvalue weighted by molar-refractivity contribution is -0.385. The molecule has 2 rings (SSSR count). The van der Waals surface area contributed by atoms with E-state index in [4.69, 9.17) is 4.74 Å². The van der Waals surface area contributed by atoms with Crippen LogP contribution < -0.4 is 10.1 Å². The zero-order valence-electron chi connectivity index (χ0n) is 15.5. The highest BCUT2D eigenvalue weighted by Crippen LogP contribution is 2.27. The Balaban J connectivity index is 1.98. The molecule has 0 saturated carbocycles. The maximum Gasteiger partial charge on any atom is 0.276 e. The number of rotatable bonds is 8. The highest BCUT2D eigenvalue weighted by molar-refractivity contribution is 5.98. The number of ether oxygens (including phenoxy) is 1. The molecule has 0 aliphatic rings. The van der Waals surface area contributed by atoms with E-state index in [1.807, 2.05) is 13.8 Å². The Morgan fingerprint density at radius 2 is 1.81 bits per heavy atom. The maximum absolute atomic E-state index is 12.3. The summed E-state index contributed by atoms with van der Waals surface area (Å²) in [6.07, 6.45) is 0.428. The summed E-state index contributed by atoms with van der Waals surface area (Å²) in [6, 6.07) is 11.0. The molecule has 0 aliphatic heterocycles. The van der Waals surface area contributed by atoms with Gasteiger partial charge in [-0.05, 0) is 43.2 Å². The highest BCUT2D eigenvalue weighted by Gasteiger charge is 2.15. The molecule has 1 N–H and O–H groups in total. The predicted octanol–water partition coefficient (Wildman–Crippen LogP) is 4.15. The van der Waals surface area contributed by atoms with E-state index in [2.05, 4.69) is 5.32 Å². The van der Waals surface area contributed by atoms with Gasteiger partial charge in [0.1, 0.15) is 5.75 Å². The first-order valence-electron chi connectivity index (χ1n) is 8.58. The van der Waals surface area contributed by atoms with Gasteiger partial charge in [0.25, 0.3) is 5.69 Å². The van der Waals surface area contributed by atoms with Gasteiger partial charge >= 0.3 is 0 Å². The molecule has 0 saturated heterocycles. The molecule has 0 fully saturated rings. The van der Waals surface area contributed by atoms with Gasteiger partial charge in [-0.1, -0.05) is 19.9 Å². The third-order valence-electron chi connectivity index (χ3n) is 3.90. The molecule has 0 spiro atoms. The number of nitrogens with zero attached hydrogens (tertiary/aromatic N) is 1. The van der Waals surface area contributed by atoms with Crippen molar-refractivity contribution >= 4 is 23.1 Å². The Hall–Kier alpha value is -3.22. The van der Waals surface area contributed by atoms with Crippen LogP contribution >= 0.6 is 0 Å². The number of nitro benzene ring substituents is 1. The van der Waals surface area contributed by atoms with Crippen LogP contribution in [0.15, 0.2) is 42.5 Å². The normalized spacial score (nSPS) is 10.5. The molecule has 7 heteroatoms. The fourth-order valence-electron chi connectivity index (χ4n) is 2.51. The monoisotopic (exact) mass is 370 g/mol. The summed E-state index contributed by atoms with van der Waals surface area (Å²) >= 11 is 0. The van der Waals surface area contributed by atoms with Crippen molar-refractivity contribution in [2.45, 2.75) is 27.2 Å². The maximum atomic E-state index is 12.3. The molecule has 0 aliphatic carbocycles. The van der Waals surface area contributed by atoms with E-state index in [1.165, 1.54) is 12.1 Å². The molecule has 0 unspecified atom stereocenters. The first-order chi connectivity index (χ1) is 12.8. The Bertz CT molecular complexity index is 844. The Kier molecular flexibility index (Phi) is 6.65. The SMILES string of the molecule is Cc1c(OCC(=O)c2ccc(NC(=O)CC(C)C)cc2)cccc1[N+](=O)[O-]. The van der Waals surface area contributed by atoms with Gasteiger partial charge in [0.2, 0.25) is 5.91 Å². The van der Waals surface area contributed by atoms with Crippen LogP contribution in [-0.2, 0) is 4.79 Å². The van der Waals surface area contributed by atoms with Crippen LogP contribution in [0.3, 0.4) is 0 Å². The number of hydrogen-bond donors (Lipinski definition) is 1. The molecular formula is C20H22N2O5. The van der Waals surface area contributed by atoms with Gasteiger partial charge in [-0.3, -0.25) is 19.7 Å². The van der Waals surface area contributed by atoms with Crippen molar-refractivity contribution in [3.63, 3.8) is 0 Å². The number of benzene rings is 2. The molecule has 142 valence electrons. The van der Waals surface area contributed by atoms with Crippen LogP contribution in [0.25, 0.3) is 0 Å². The van der Waals surface area contributed by atoms with Crippen LogP contribution in [0.4, 0.5) is 11.4 Å². The summed E-state index contributed by atoms with van der Waals surface area (Å²) in [5.74, 6) is 0.227. The number of nitrogens with one attached hydrogen (secondary N) is 1. The number of carbonyl (C=O) groups is 2. The zero-order chi connectivity index (χ0) is 20.0. The minimum atomic E-state index is -0.490. The molecule has 0 aromatic heterocycles. The predicted molar refractivity (Wildman–Crippen MR) is 102 cm³/mol. The van der Waals surface area contributed by atoms with Crippen molar-refractivity contribution in [1.29, 1.82) is 0 Å². The summed E-state index contributed by atoms with van der Waals surface area (Å²) in [6.45, 7) is 5.27. The summed E-state index contributed by atoms with van der Waals surface area (Å²) in [5.41, 5.74) is 1.37. The van der Waals surface area contributed by atoms with E-state index in [-0.39, 0.29) is 29.9 Å². The average Bonchev–Trinajstić information content (AvgIpc) is 2.60. The molecule has 0 bridgehead atoms. The van der Waals surface area contributed by atoms with Gasteiger partial charge in [-0.25, -0.2) is 0 Å². The molecule has 0 radical (unpaired) electrons. The van der Waals surface area contributed by atoms with E-state index >= 15 is 0 Å². The first-order valence-corrected chi connectivity index (χ1v) is 8.58. The van der Waals surface area contributed by atoms with Gasteiger partial charge in [-0.15, -0.1) is 0 Å². The number of hydrogen-bond acceptors (Lipinski definition) is 5. The van der Waals surface area contributed by atoms with E-state index in [9.17, 15) is 19.7 Å². The summed E-state index contributed by atoms with van der Waals surface area (Å²) in [7, 11) is 0. The van der Waals surface area contributed by atoms with E-state index < -0.39 is 4.92 Å². The highest BCUT2D eigenvalue weighted by atomic mass is 16.6. The average molecular weight is 370 g/mol. The fraction of sp³-hybridized carbons (Fsp3) is 0.300. The largest absolute Gasteiger partial charge is 0.485 e. The van der Waals surface area contributed by atoms with E-state index in [1.54, 1.807) is 37.3 Å². The number of nitro groups is 1. The first kappa shape index (κ1) is 20.1. The molecule has 0 heterocycles. The third kappa shape index (κ3) is 5.64. The van der Waals surface area contributed by atoms with Gasteiger partial charge in [0, 0.05) is 23.7 Å². The number of ketones is 1. The Morgan fingerprint density at radius 3 is 2.41 bits per heavy atom. The van der Waals surface area contributed by atoms with E-state index in [0.29, 0.717) is 29.0 Å². The van der Waals surface area contributed by atoms with Crippen molar-refractivity contribution in [2.24, 2.45) is 5.92 Å². The minimum absolute atomic E-state index is 0.0542. The van der Waals surface area contributed by atoms with Crippen LogP contribution in [-0.4, -0.2) is 23.2 Å². The summed E-state index contributed by atoms with van der Waals surface area (Å²) in [4.78, 5) is 34.5. The number of Topliss-reactive ketones (excluding diaryl/α,β-unsaturated/α-hetero) is 1. The number of amides is 1. The second-order valence-electron chi connectivity index (χ2n) is 6.59. The summed E-state index contributed by atoms with van der Waals surface area (Å²) < 4.78 is 5.46. The lowest BCUT2D eigenvalue weighted by Crippen LogP contribution is -2.15. The van der Waals surface area contributed by atoms with Crippen molar-refractivity contribution in [2.75, 3.05) is 11.9 Å². The quantitative estimate of drug-likeness (QED) is 0.427. The van der Waals surface area contributed by atoms with Crippen molar-refractivity contribution < 1.29 is 19.2 Å². The molecule has 2 aromatic carbocycles. The number of carbonyl (C=O) groups excluding carboxylic acids is 2. The topological polar surface area (TPSA) is 98.5 Å². The lowest BCUT2D eigenvalue weighted by atomic mass is 10.1. The molecule has 2 aromatic rings. The molecule has 7 nitrogen and oxygen atoms in total. The van der Waals surface area contributed by atoms with Crippen LogP contribution in [0.5, 0.6) is 5.75 Å². The summed E-state index contributed by atoms with van der Waals surface area (Å²) in [5, 5.41) is 13.7. The standard InChI is InChI=1S/C20H22N2O5/c1-13(2)11-20(24)21-16-9-7-15(8-10-16)18(23)12-27-19-6-4-5-17(14(19)3)22(25)26/h4-10,13H,11-12H2,1-3H3,(H,21,24). The Morgan fingerprint density at radius 1 is 1.15 bits per heavy atom. The lowest BCUT2D eigenvalue weighted by Gasteiger charge is -2.10. The van der Waals surface area contributed by atoms with Gasteiger partial charge in [-0.2, -0.15) is 0 Å². The minimum Gasteiger partial charge on any atom is -0.485 e. The molecule has 0 atom stereocenters. The second kappa shape index (κ2) is 8.93. The van der Waals surface area contributed by atoms with Gasteiger partial charge < -0.3 is 10.1 Å². The van der Waals surface area contributed by atoms with Crippen molar-refractivity contribution in [3.05, 3.63) is 63.7 Å². The van der Waals surface area contributed by atoms with Crippen molar-refractivity contribution in [3.8, 4) is 5.75 Å². The molecule has 1 amide bonds. The third-order valence-corrected chi connectivity index (χ3v) is 3.90. The second-order valence-corrected chi connectivity index (χ2v) is 6.59. The van der Waals surface area contributed by atoms with Crippen LogP contribution in [0.2, 0.25) is 0 Å². The van der Waals surface area contributed by atoms with Gasteiger partial charge in [0.05, 0.1) is 10.5 Å². The molecular weight excluding hydrogens is 348 g/mol. The van der Waals surface area contributed by atoms with Crippen LogP contribution in [0.1, 0.15) is 36.2 Å². The van der Waals surface area contributed by atoms with Crippen LogP contribution in [0, 0.1) is 23.0 Å². The van der Waals surface area contributed by atoms with Gasteiger partial charge in [0.15, 0.2) is 12.4 Å². The molecule has 27 heavy (non-hydrogen) atoms.